The van der Waals surface area contributed by atoms with Crippen molar-refractivity contribution in [2.75, 3.05) is 0 Å². The van der Waals surface area contributed by atoms with Crippen LogP contribution in [0.1, 0.15) is 34.7 Å². The maximum Gasteiger partial charge on any atom is 0.336 e. The van der Waals surface area contributed by atoms with Crippen LogP contribution in [0.5, 0.6) is 0 Å². The maximum atomic E-state index is 12.0. The Labute approximate surface area is 119 Å². The molecule has 1 atom stereocenters. The molecule has 108 valence electrons. The number of fused-ring (bicyclic) bond motifs is 1. The van der Waals surface area contributed by atoms with Gasteiger partial charge in [-0.05, 0) is 18.1 Å². The molecule has 0 spiro atoms. The van der Waals surface area contributed by atoms with E-state index in [1.54, 1.807) is 17.8 Å². The Morgan fingerprint density at radius 3 is 2.86 bits per heavy atom. The number of carboxylic acid groups (broad SMARTS) is 1. The van der Waals surface area contributed by atoms with Gasteiger partial charge in [0.05, 0.1) is 23.2 Å². The van der Waals surface area contributed by atoms with E-state index >= 15 is 0 Å². The summed E-state index contributed by atoms with van der Waals surface area (Å²) in [7, 11) is 1.70. The number of nitrogens with zero attached hydrogens (tertiary/aromatic N) is 2. The van der Waals surface area contributed by atoms with E-state index in [-0.39, 0.29) is 23.8 Å². The smallest absolute Gasteiger partial charge is 0.336 e. The van der Waals surface area contributed by atoms with Crippen molar-refractivity contribution >= 4 is 28.7 Å². The molecular weight excluding hydrogens is 274 g/mol. The lowest BCUT2D eigenvalue weighted by molar-refractivity contribution is -0.134. The zero-order valence-corrected chi connectivity index (χ0v) is 11.3. The number of hydrogen-bond acceptors (Lipinski definition) is 4. The molecule has 1 aromatic heterocycles. The molecule has 0 saturated carbocycles. The molecule has 0 aliphatic carbocycles. The summed E-state index contributed by atoms with van der Waals surface area (Å²) in [5.74, 6) is -2.14. The van der Waals surface area contributed by atoms with Gasteiger partial charge < -0.3 is 5.11 Å². The number of benzene rings is 1. The molecule has 1 aromatic carbocycles. The molecule has 1 aliphatic heterocycles. The number of hydrogen-bond donors (Lipinski definition) is 2. The van der Waals surface area contributed by atoms with E-state index in [9.17, 15) is 19.5 Å². The Balaban J connectivity index is 2.18. The summed E-state index contributed by atoms with van der Waals surface area (Å²) in [4.78, 5) is 34.5. The molecule has 2 aromatic rings. The van der Waals surface area contributed by atoms with Crippen molar-refractivity contribution in [1.82, 2.24) is 15.1 Å². The van der Waals surface area contributed by atoms with Crippen molar-refractivity contribution in [2.24, 2.45) is 7.05 Å². The van der Waals surface area contributed by atoms with Crippen LogP contribution in [0.15, 0.2) is 18.3 Å². The molecule has 2 N–H and O–H groups in total. The molecule has 0 bridgehead atoms. The molecule has 1 fully saturated rings. The van der Waals surface area contributed by atoms with Crippen molar-refractivity contribution < 1.29 is 19.5 Å². The fourth-order valence-electron chi connectivity index (χ4n) is 2.78. The van der Waals surface area contributed by atoms with Gasteiger partial charge in [-0.1, -0.05) is 6.07 Å². The average Bonchev–Trinajstić information content (AvgIpc) is 2.81. The highest BCUT2D eigenvalue weighted by Gasteiger charge is 2.30. The van der Waals surface area contributed by atoms with E-state index in [0.717, 1.165) is 0 Å². The first-order valence-corrected chi connectivity index (χ1v) is 6.50. The van der Waals surface area contributed by atoms with Crippen LogP contribution in [-0.4, -0.2) is 32.7 Å². The molecule has 3 rings (SSSR count). The Morgan fingerprint density at radius 1 is 1.43 bits per heavy atom. The van der Waals surface area contributed by atoms with Crippen molar-refractivity contribution in [1.29, 1.82) is 0 Å². The van der Waals surface area contributed by atoms with Crippen LogP contribution >= 0.6 is 0 Å². The van der Waals surface area contributed by atoms with Gasteiger partial charge in [0.1, 0.15) is 0 Å². The van der Waals surface area contributed by atoms with E-state index in [2.05, 4.69) is 10.4 Å². The number of carbonyl (C=O) groups is 3. The van der Waals surface area contributed by atoms with Gasteiger partial charge in [0.2, 0.25) is 11.8 Å². The highest BCUT2D eigenvalue weighted by atomic mass is 16.4. The predicted octanol–water partition coefficient (Wildman–Crippen LogP) is 0.792. The standard InChI is InChI=1S/C14H13N3O4/c1-17-12-7(8-4-5-11(18)16-13(8)19)2-3-9(14(20)21)10(12)6-15-17/h2-3,6,8H,4-5H2,1H3,(H,20,21)(H,16,18,19). The van der Waals surface area contributed by atoms with Crippen molar-refractivity contribution in [3.05, 3.63) is 29.5 Å². The molecular formula is C14H13N3O4. The molecule has 1 unspecified atom stereocenters. The van der Waals surface area contributed by atoms with Crippen LogP contribution < -0.4 is 5.32 Å². The minimum atomic E-state index is -1.04. The first-order valence-electron chi connectivity index (χ1n) is 6.50. The normalized spacial score (nSPS) is 18.8. The van der Waals surface area contributed by atoms with E-state index in [0.29, 0.717) is 22.9 Å². The van der Waals surface area contributed by atoms with E-state index in [1.165, 1.54) is 12.3 Å². The number of piperidine rings is 1. The Hall–Kier alpha value is -2.70. The molecule has 0 radical (unpaired) electrons. The number of carbonyl (C=O) groups excluding carboxylic acids is 2. The van der Waals surface area contributed by atoms with Gasteiger partial charge in [-0.2, -0.15) is 5.10 Å². The first kappa shape index (κ1) is 13.3. The highest BCUT2D eigenvalue weighted by Crippen LogP contribution is 2.32. The number of aromatic nitrogens is 2. The van der Waals surface area contributed by atoms with Crippen LogP contribution in [0.25, 0.3) is 10.9 Å². The summed E-state index contributed by atoms with van der Waals surface area (Å²) in [5, 5.41) is 16.1. The van der Waals surface area contributed by atoms with Gasteiger partial charge in [-0.15, -0.1) is 0 Å². The van der Waals surface area contributed by atoms with E-state index in [1.807, 2.05) is 0 Å². The Morgan fingerprint density at radius 2 is 2.19 bits per heavy atom. The maximum absolute atomic E-state index is 12.0. The number of imide groups is 1. The molecule has 2 amide bonds. The molecule has 21 heavy (non-hydrogen) atoms. The lowest BCUT2D eigenvalue weighted by Gasteiger charge is -2.22. The van der Waals surface area contributed by atoms with Gasteiger partial charge in [0, 0.05) is 18.9 Å². The number of rotatable bonds is 2. The van der Waals surface area contributed by atoms with Crippen LogP contribution in [0.4, 0.5) is 0 Å². The SMILES string of the molecule is Cn1ncc2c(C(=O)O)ccc(C3CCC(=O)NC3=O)c21. The zero-order valence-electron chi connectivity index (χ0n) is 11.3. The molecule has 1 aliphatic rings. The Bertz CT molecular complexity index is 778. The summed E-state index contributed by atoms with van der Waals surface area (Å²) in [5.41, 5.74) is 1.46. The second kappa shape index (κ2) is 4.69. The second-order valence-electron chi connectivity index (χ2n) is 5.04. The van der Waals surface area contributed by atoms with Gasteiger partial charge in [0.25, 0.3) is 0 Å². The van der Waals surface area contributed by atoms with E-state index in [4.69, 9.17) is 0 Å². The number of amides is 2. The van der Waals surface area contributed by atoms with Crippen LogP contribution in [0.3, 0.4) is 0 Å². The lowest BCUT2D eigenvalue weighted by atomic mass is 9.88. The van der Waals surface area contributed by atoms with Crippen molar-refractivity contribution in [3.8, 4) is 0 Å². The number of aromatic carboxylic acids is 1. The lowest BCUT2D eigenvalue weighted by Crippen LogP contribution is -2.39. The fourth-order valence-corrected chi connectivity index (χ4v) is 2.78. The quantitative estimate of drug-likeness (QED) is 0.795. The molecule has 7 nitrogen and oxygen atoms in total. The minimum Gasteiger partial charge on any atom is -0.478 e. The molecule has 1 saturated heterocycles. The van der Waals surface area contributed by atoms with Crippen molar-refractivity contribution in [2.45, 2.75) is 18.8 Å². The predicted molar refractivity (Wildman–Crippen MR) is 72.8 cm³/mol. The fraction of sp³-hybridized carbons (Fsp3) is 0.286. The number of carboxylic acids is 1. The first-order chi connectivity index (χ1) is 9.99. The summed E-state index contributed by atoms with van der Waals surface area (Å²) < 4.78 is 1.56. The minimum absolute atomic E-state index is 0.147. The topological polar surface area (TPSA) is 101 Å². The highest BCUT2D eigenvalue weighted by molar-refractivity contribution is 6.06. The van der Waals surface area contributed by atoms with Crippen molar-refractivity contribution in [3.63, 3.8) is 0 Å². The third kappa shape index (κ3) is 2.06. The largest absolute Gasteiger partial charge is 0.478 e. The molecule has 2 heterocycles. The van der Waals surface area contributed by atoms with Gasteiger partial charge in [0.15, 0.2) is 0 Å². The monoisotopic (exact) mass is 287 g/mol. The zero-order chi connectivity index (χ0) is 15.1. The number of nitrogens with one attached hydrogen (secondary N) is 1. The van der Waals surface area contributed by atoms with Crippen LogP contribution in [0, 0.1) is 0 Å². The average molecular weight is 287 g/mol. The molecule has 7 heteroatoms. The summed E-state index contributed by atoms with van der Waals surface area (Å²) in [6.45, 7) is 0. The summed E-state index contributed by atoms with van der Waals surface area (Å²) in [6, 6.07) is 3.11. The Kier molecular flexibility index (Phi) is 2.97. The van der Waals surface area contributed by atoms with Crippen LogP contribution in [-0.2, 0) is 16.6 Å². The van der Waals surface area contributed by atoms with Gasteiger partial charge in [-0.3, -0.25) is 19.6 Å². The third-order valence-corrected chi connectivity index (χ3v) is 3.78. The van der Waals surface area contributed by atoms with Crippen LogP contribution in [0.2, 0.25) is 0 Å². The van der Waals surface area contributed by atoms with Gasteiger partial charge in [-0.25, -0.2) is 4.79 Å². The summed E-state index contributed by atoms with van der Waals surface area (Å²) in [6.07, 6.45) is 2.17. The summed E-state index contributed by atoms with van der Waals surface area (Å²) >= 11 is 0. The second-order valence-corrected chi connectivity index (χ2v) is 5.04. The van der Waals surface area contributed by atoms with Gasteiger partial charge >= 0.3 is 5.97 Å². The third-order valence-electron chi connectivity index (χ3n) is 3.78. The number of aryl methyl sites for hydroxylation is 1. The van der Waals surface area contributed by atoms with E-state index < -0.39 is 11.9 Å².